The molecule has 1 heterocycles. The maximum atomic E-state index is 12.7. The fraction of sp³-hybridized carbons (Fsp3) is 0.600. The Hall–Kier alpha value is -1.91. The Morgan fingerprint density at radius 2 is 1.78 bits per heavy atom. The summed E-state index contributed by atoms with van der Waals surface area (Å²) >= 11 is 0. The van der Waals surface area contributed by atoms with Crippen LogP contribution >= 0.6 is 0 Å². The lowest BCUT2D eigenvalue weighted by molar-refractivity contribution is -0.126. The lowest BCUT2D eigenvalue weighted by Gasteiger charge is -2.31. The molecule has 1 atom stereocenters. The van der Waals surface area contributed by atoms with E-state index < -0.39 is 10.0 Å². The van der Waals surface area contributed by atoms with Gasteiger partial charge in [0, 0.05) is 25.0 Å². The van der Waals surface area contributed by atoms with Crippen LogP contribution in [0.2, 0.25) is 0 Å². The predicted molar refractivity (Wildman–Crippen MR) is 104 cm³/mol. The first-order valence-electron chi connectivity index (χ1n) is 9.54. The summed E-state index contributed by atoms with van der Waals surface area (Å²) in [6, 6.07) is 8.05. The molecule has 2 rings (SSSR count). The van der Waals surface area contributed by atoms with Crippen molar-refractivity contribution < 1.29 is 13.2 Å². The normalized spacial score (nSPS) is 17.4. The van der Waals surface area contributed by atoms with Gasteiger partial charge in [0.25, 0.3) is 0 Å². The number of amides is 1. The zero-order valence-electron chi connectivity index (χ0n) is 16.3. The van der Waals surface area contributed by atoms with Gasteiger partial charge in [0.2, 0.25) is 15.9 Å². The first-order valence-corrected chi connectivity index (χ1v) is 11.0. The number of hydrogen-bond donors (Lipinski definition) is 1. The second kappa shape index (κ2) is 9.34. The summed E-state index contributed by atoms with van der Waals surface area (Å²) < 4.78 is 26.9. The number of benzene rings is 1. The smallest absolute Gasteiger partial charge is 0.243 e. The van der Waals surface area contributed by atoms with E-state index in [1.165, 1.54) is 28.6 Å². The zero-order valence-corrected chi connectivity index (χ0v) is 17.1. The van der Waals surface area contributed by atoms with Gasteiger partial charge in [-0.1, -0.05) is 13.8 Å². The summed E-state index contributed by atoms with van der Waals surface area (Å²) in [7, 11) is -3.59. The zero-order chi connectivity index (χ0) is 20.0. The molecular formula is C20H29N3O3S. The molecule has 1 unspecified atom stereocenters. The molecule has 6 nitrogen and oxygen atoms in total. The average Bonchev–Trinajstić information content (AvgIpc) is 2.66. The van der Waals surface area contributed by atoms with Gasteiger partial charge in [-0.05, 0) is 62.8 Å². The molecule has 1 aliphatic rings. The van der Waals surface area contributed by atoms with E-state index in [9.17, 15) is 13.2 Å². The minimum absolute atomic E-state index is 0.0293. The van der Waals surface area contributed by atoms with E-state index in [0.29, 0.717) is 37.4 Å². The van der Waals surface area contributed by atoms with Crippen molar-refractivity contribution in [3.8, 4) is 6.07 Å². The SMILES string of the molecule is CC(C)CCC(C)NC(=O)C1CCN(S(=O)(=O)c2ccc(C#N)cc2)CC1. The van der Waals surface area contributed by atoms with E-state index in [-0.39, 0.29) is 22.8 Å². The van der Waals surface area contributed by atoms with E-state index >= 15 is 0 Å². The minimum Gasteiger partial charge on any atom is -0.353 e. The third kappa shape index (κ3) is 5.78. The largest absolute Gasteiger partial charge is 0.353 e. The lowest BCUT2D eigenvalue weighted by atomic mass is 9.96. The second-order valence-corrected chi connectivity index (χ2v) is 9.63. The number of nitriles is 1. The number of sulfonamides is 1. The fourth-order valence-electron chi connectivity index (χ4n) is 3.23. The first kappa shape index (κ1) is 21.4. The molecule has 1 amide bonds. The van der Waals surface area contributed by atoms with Gasteiger partial charge in [0.1, 0.15) is 0 Å². The molecule has 1 saturated heterocycles. The summed E-state index contributed by atoms with van der Waals surface area (Å²) in [6.45, 7) is 7.02. The van der Waals surface area contributed by atoms with Gasteiger partial charge in [-0.2, -0.15) is 9.57 Å². The predicted octanol–water partition coefficient (Wildman–Crippen LogP) is 2.90. The van der Waals surface area contributed by atoms with Gasteiger partial charge in [-0.15, -0.1) is 0 Å². The van der Waals surface area contributed by atoms with Crippen LogP contribution in [0.5, 0.6) is 0 Å². The van der Waals surface area contributed by atoms with Gasteiger partial charge < -0.3 is 5.32 Å². The summed E-state index contributed by atoms with van der Waals surface area (Å²) in [5.41, 5.74) is 0.427. The van der Waals surface area contributed by atoms with Gasteiger partial charge in [-0.3, -0.25) is 4.79 Å². The van der Waals surface area contributed by atoms with Crippen molar-refractivity contribution in [2.24, 2.45) is 11.8 Å². The molecule has 7 heteroatoms. The number of nitrogens with zero attached hydrogens (tertiary/aromatic N) is 2. The van der Waals surface area contributed by atoms with Crippen molar-refractivity contribution in [2.75, 3.05) is 13.1 Å². The maximum Gasteiger partial charge on any atom is 0.243 e. The minimum atomic E-state index is -3.59. The monoisotopic (exact) mass is 391 g/mol. The third-order valence-corrected chi connectivity index (χ3v) is 6.92. The molecule has 0 bridgehead atoms. The molecule has 27 heavy (non-hydrogen) atoms. The molecule has 0 radical (unpaired) electrons. The van der Waals surface area contributed by atoms with Crippen molar-refractivity contribution in [1.82, 2.24) is 9.62 Å². The number of carbonyl (C=O) groups is 1. The molecule has 0 spiro atoms. The first-order chi connectivity index (χ1) is 12.7. The highest BCUT2D eigenvalue weighted by Crippen LogP contribution is 2.24. The van der Waals surface area contributed by atoms with Gasteiger partial charge in [0.15, 0.2) is 0 Å². The second-order valence-electron chi connectivity index (χ2n) is 7.70. The van der Waals surface area contributed by atoms with Crippen LogP contribution in [0.1, 0.15) is 52.0 Å². The third-order valence-electron chi connectivity index (χ3n) is 5.01. The molecule has 1 aliphatic heterocycles. The number of rotatable bonds is 7. The van der Waals surface area contributed by atoms with Crippen LogP contribution in [0.15, 0.2) is 29.2 Å². The Kier molecular flexibility index (Phi) is 7.40. The van der Waals surface area contributed by atoms with Crippen molar-refractivity contribution in [2.45, 2.75) is 57.4 Å². The maximum absolute atomic E-state index is 12.7. The van der Waals surface area contributed by atoms with E-state index in [4.69, 9.17) is 5.26 Å². The fourth-order valence-corrected chi connectivity index (χ4v) is 4.69. The Morgan fingerprint density at radius 1 is 1.19 bits per heavy atom. The number of nitrogens with one attached hydrogen (secondary N) is 1. The van der Waals surface area contributed by atoms with Crippen molar-refractivity contribution in [3.63, 3.8) is 0 Å². The van der Waals surface area contributed by atoms with Gasteiger partial charge in [0.05, 0.1) is 16.5 Å². The van der Waals surface area contributed by atoms with E-state index in [1.807, 2.05) is 13.0 Å². The van der Waals surface area contributed by atoms with E-state index in [1.54, 1.807) is 0 Å². The van der Waals surface area contributed by atoms with Gasteiger partial charge in [-0.25, -0.2) is 8.42 Å². The number of piperidine rings is 1. The van der Waals surface area contributed by atoms with Gasteiger partial charge >= 0.3 is 0 Å². The van der Waals surface area contributed by atoms with Crippen LogP contribution in [0.25, 0.3) is 0 Å². The Balaban J connectivity index is 1.90. The van der Waals surface area contributed by atoms with Crippen LogP contribution in [-0.2, 0) is 14.8 Å². The Labute approximate surface area is 162 Å². The molecule has 0 aliphatic carbocycles. The van der Waals surface area contributed by atoms with Crippen LogP contribution in [0, 0.1) is 23.2 Å². The molecule has 0 saturated carbocycles. The van der Waals surface area contributed by atoms with Crippen molar-refractivity contribution in [1.29, 1.82) is 5.26 Å². The highest BCUT2D eigenvalue weighted by atomic mass is 32.2. The van der Waals surface area contributed by atoms with Crippen LogP contribution in [0.3, 0.4) is 0 Å². The summed E-state index contributed by atoms with van der Waals surface area (Å²) in [6.07, 6.45) is 3.08. The molecule has 1 aromatic carbocycles. The molecular weight excluding hydrogens is 362 g/mol. The molecule has 1 N–H and O–H groups in total. The average molecular weight is 392 g/mol. The van der Waals surface area contributed by atoms with Crippen molar-refractivity contribution >= 4 is 15.9 Å². The summed E-state index contributed by atoms with van der Waals surface area (Å²) in [4.78, 5) is 12.6. The Morgan fingerprint density at radius 3 is 2.30 bits per heavy atom. The van der Waals surface area contributed by atoms with Crippen molar-refractivity contribution in [3.05, 3.63) is 29.8 Å². The van der Waals surface area contributed by atoms with Crippen LogP contribution < -0.4 is 5.32 Å². The summed E-state index contributed by atoms with van der Waals surface area (Å²) in [5, 5.41) is 11.9. The topological polar surface area (TPSA) is 90.3 Å². The highest BCUT2D eigenvalue weighted by molar-refractivity contribution is 7.89. The lowest BCUT2D eigenvalue weighted by Crippen LogP contribution is -2.44. The Bertz CT molecular complexity index is 774. The standard InChI is InChI=1S/C20H29N3O3S/c1-15(2)4-5-16(3)22-20(24)18-10-12-23(13-11-18)27(25,26)19-8-6-17(14-21)7-9-19/h6-9,15-16,18H,4-5,10-13H2,1-3H3,(H,22,24). The highest BCUT2D eigenvalue weighted by Gasteiger charge is 2.32. The molecule has 0 aromatic heterocycles. The van der Waals surface area contributed by atoms with Crippen LogP contribution in [0.4, 0.5) is 0 Å². The summed E-state index contributed by atoms with van der Waals surface area (Å²) in [5.74, 6) is 0.501. The number of carbonyl (C=O) groups excluding carboxylic acids is 1. The molecule has 1 fully saturated rings. The quantitative estimate of drug-likeness (QED) is 0.774. The number of hydrogen-bond acceptors (Lipinski definition) is 4. The van der Waals surface area contributed by atoms with Crippen LogP contribution in [-0.4, -0.2) is 37.8 Å². The van der Waals surface area contributed by atoms with E-state index in [2.05, 4.69) is 19.2 Å². The van der Waals surface area contributed by atoms with E-state index in [0.717, 1.165) is 12.8 Å². The molecule has 148 valence electrons. The molecule has 1 aromatic rings.